The molecule has 0 aliphatic rings. The highest BCUT2D eigenvalue weighted by molar-refractivity contribution is 6.36. The van der Waals surface area contributed by atoms with Crippen molar-refractivity contribution in [2.45, 2.75) is 26.2 Å². The van der Waals surface area contributed by atoms with E-state index in [2.05, 4.69) is 59.9 Å². The average Bonchev–Trinajstić information content (AvgIpc) is 2.68. The molecule has 0 atom stereocenters. The highest BCUT2D eigenvalue weighted by Crippen LogP contribution is 2.36. The van der Waals surface area contributed by atoms with Gasteiger partial charge in [0.25, 0.3) is 5.91 Å². The molecule has 130 valence electrons. The zero-order valence-corrected chi connectivity index (χ0v) is 14.8. The molecule has 0 radical (unpaired) electrons. The minimum absolute atomic E-state index is 0.236. The minimum Gasteiger partial charge on any atom is -0.350 e. The van der Waals surface area contributed by atoms with Crippen molar-refractivity contribution in [1.29, 1.82) is 0 Å². The van der Waals surface area contributed by atoms with Crippen molar-refractivity contribution in [3.8, 4) is 0 Å². The first kappa shape index (κ1) is 16.5. The number of amides is 1. The van der Waals surface area contributed by atoms with Gasteiger partial charge in [0.2, 0.25) is 5.78 Å². The van der Waals surface area contributed by atoms with Crippen LogP contribution in [0.1, 0.15) is 25.3 Å². The number of ketones is 1. The topological polar surface area (TPSA) is 46.2 Å². The van der Waals surface area contributed by atoms with E-state index < -0.39 is 5.91 Å². The molecule has 0 heterocycles. The van der Waals surface area contributed by atoms with Crippen LogP contribution in [0.4, 0.5) is 0 Å². The molecule has 3 heteroatoms. The first-order valence-electron chi connectivity index (χ1n) is 9.15. The molecule has 0 bridgehead atoms. The van der Waals surface area contributed by atoms with Crippen LogP contribution in [0.5, 0.6) is 0 Å². The highest BCUT2D eigenvalue weighted by Gasteiger charge is 2.15. The Morgan fingerprint density at radius 3 is 2.23 bits per heavy atom. The van der Waals surface area contributed by atoms with E-state index in [0.717, 1.165) is 12.0 Å². The van der Waals surface area contributed by atoms with E-state index in [9.17, 15) is 9.59 Å². The summed E-state index contributed by atoms with van der Waals surface area (Å²) in [5.74, 6) is -0.811. The van der Waals surface area contributed by atoms with Gasteiger partial charge in [-0.3, -0.25) is 9.59 Å². The van der Waals surface area contributed by atoms with Crippen molar-refractivity contribution < 1.29 is 9.59 Å². The van der Waals surface area contributed by atoms with E-state index in [-0.39, 0.29) is 12.2 Å². The maximum absolute atomic E-state index is 12.1. The predicted molar refractivity (Wildman–Crippen MR) is 107 cm³/mol. The molecule has 0 unspecified atom stereocenters. The molecule has 26 heavy (non-hydrogen) atoms. The number of carbonyl (C=O) groups excluding carboxylic acids is 2. The van der Waals surface area contributed by atoms with Crippen LogP contribution in [0.2, 0.25) is 0 Å². The summed E-state index contributed by atoms with van der Waals surface area (Å²) in [5, 5.41) is 10.0. The number of rotatable bonds is 6. The van der Waals surface area contributed by atoms with Gasteiger partial charge in [0.1, 0.15) is 0 Å². The van der Waals surface area contributed by atoms with Gasteiger partial charge in [-0.1, -0.05) is 61.5 Å². The van der Waals surface area contributed by atoms with E-state index in [4.69, 9.17) is 0 Å². The molecule has 0 saturated heterocycles. The summed E-state index contributed by atoms with van der Waals surface area (Å²) in [4.78, 5) is 23.9. The van der Waals surface area contributed by atoms with Crippen molar-refractivity contribution in [1.82, 2.24) is 5.32 Å². The maximum Gasteiger partial charge on any atom is 0.287 e. The fourth-order valence-electron chi connectivity index (χ4n) is 3.71. The van der Waals surface area contributed by atoms with Crippen LogP contribution < -0.4 is 5.32 Å². The zero-order chi connectivity index (χ0) is 18.1. The molecule has 1 N–H and O–H groups in total. The van der Waals surface area contributed by atoms with Gasteiger partial charge in [0, 0.05) is 13.0 Å². The molecule has 3 nitrogen and oxygen atoms in total. The smallest absolute Gasteiger partial charge is 0.287 e. The molecule has 0 aliphatic carbocycles. The fourth-order valence-corrected chi connectivity index (χ4v) is 3.71. The van der Waals surface area contributed by atoms with E-state index in [0.29, 0.717) is 13.0 Å². The number of hydrogen-bond acceptors (Lipinski definition) is 2. The average molecular weight is 343 g/mol. The molecule has 4 aromatic rings. The molecule has 0 aliphatic heterocycles. The number of hydrogen-bond donors (Lipinski definition) is 1. The molecule has 0 saturated carbocycles. The van der Waals surface area contributed by atoms with Crippen LogP contribution in [0.25, 0.3) is 32.3 Å². The van der Waals surface area contributed by atoms with Gasteiger partial charge in [0.05, 0.1) is 0 Å². The summed E-state index contributed by atoms with van der Waals surface area (Å²) in [6.45, 7) is 2.51. The number of Topliss-reactive ketones (excluding diaryl/α,β-unsaturated/α-hetero) is 1. The Morgan fingerprint density at radius 2 is 1.50 bits per heavy atom. The summed E-state index contributed by atoms with van der Waals surface area (Å²) >= 11 is 0. The molecule has 0 fully saturated rings. The Hall–Kier alpha value is -2.94. The Morgan fingerprint density at radius 1 is 0.846 bits per heavy atom. The second kappa shape index (κ2) is 6.75. The number of nitrogens with one attached hydrogen (secondary N) is 1. The third-order valence-corrected chi connectivity index (χ3v) is 5.03. The normalized spacial score (nSPS) is 11.4. The lowest BCUT2D eigenvalue weighted by atomic mass is 9.90. The first-order chi connectivity index (χ1) is 12.7. The van der Waals surface area contributed by atoms with Gasteiger partial charge >= 0.3 is 0 Å². The Balaban J connectivity index is 1.70. The molecule has 4 aromatic carbocycles. The van der Waals surface area contributed by atoms with Gasteiger partial charge in [-0.2, -0.15) is 0 Å². The van der Waals surface area contributed by atoms with E-state index in [1.165, 1.54) is 32.3 Å². The Labute approximate surface area is 152 Å². The van der Waals surface area contributed by atoms with Crippen molar-refractivity contribution in [2.24, 2.45) is 0 Å². The third kappa shape index (κ3) is 2.80. The van der Waals surface area contributed by atoms with E-state index >= 15 is 0 Å². The molecule has 0 aromatic heterocycles. The SMILES string of the molecule is CCCNC(=O)C(=O)CCc1ccc2ccc3cccc4ccc1c2c34. The lowest BCUT2D eigenvalue weighted by molar-refractivity contribution is -0.137. The summed E-state index contributed by atoms with van der Waals surface area (Å²) < 4.78 is 0. The summed E-state index contributed by atoms with van der Waals surface area (Å²) in [6.07, 6.45) is 1.64. The van der Waals surface area contributed by atoms with Gasteiger partial charge < -0.3 is 5.32 Å². The van der Waals surface area contributed by atoms with Gasteiger partial charge in [-0.05, 0) is 50.7 Å². The largest absolute Gasteiger partial charge is 0.350 e. The predicted octanol–water partition coefficient (Wildman–Crippen LogP) is 4.61. The molecule has 0 spiro atoms. The van der Waals surface area contributed by atoms with Gasteiger partial charge in [-0.25, -0.2) is 0 Å². The quantitative estimate of drug-likeness (QED) is 0.410. The van der Waals surface area contributed by atoms with Crippen LogP contribution in [0, 0.1) is 0 Å². The van der Waals surface area contributed by atoms with Crippen LogP contribution in [-0.2, 0) is 16.0 Å². The number of aryl methyl sites for hydroxylation is 1. The van der Waals surface area contributed by atoms with Crippen LogP contribution in [0.15, 0.2) is 54.6 Å². The Bertz CT molecular complexity index is 1100. The van der Waals surface area contributed by atoms with Gasteiger partial charge in [0.15, 0.2) is 0 Å². The zero-order valence-electron chi connectivity index (χ0n) is 14.8. The maximum atomic E-state index is 12.1. The summed E-state index contributed by atoms with van der Waals surface area (Å²) in [6, 6.07) is 19.1. The second-order valence-corrected chi connectivity index (χ2v) is 6.76. The minimum atomic E-state index is -0.468. The molecular weight excluding hydrogens is 322 g/mol. The van der Waals surface area contributed by atoms with Crippen molar-refractivity contribution in [3.63, 3.8) is 0 Å². The highest BCUT2D eigenvalue weighted by atomic mass is 16.2. The van der Waals surface area contributed by atoms with Crippen LogP contribution in [-0.4, -0.2) is 18.2 Å². The molecular formula is C23H21NO2. The van der Waals surface area contributed by atoms with E-state index in [1.807, 2.05) is 6.92 Å². The lowest BCUT2D eigenvalue weighted by Gasteiger charge is -2.13. The van der Waals surface area contributed by atoms with Crippen molar-refractivity contribution in [3.05, 3.63) is 60.2 Å². The number of carbonyl (C=O) groups is 2. The summed E-state index contributed by atoms with van der Waals surface area (Å²) in [5.41, 5.74) is 1.12. The fraction of sp³-hybridized carbons (Fsp3) is 0.217. The van der Waals surface area contributed by atoms with Crippen molar-refractivity contribution in [2.75, 3.05) is 6.54 Å². The third-order valence-electron chi connectivity index (χ3n) is 5.03. The van der Waals surface area contributed by atoms with Gasteiger partial charge in [-0.15, -0.1) is 0 Å². The second-order valence-electron chi connectivity index (χ2n) is 6.76. The summed E-state index contributed by atoms with van der Waals surface area (Å²) in [7, 11) is 0. The first-order valence-corrected chi connectivity index (χ1v) is 9.15. The van der Waals surface area contributed by atoms with Crippen molar-refractivity contribution >= 4 is 44.0 Å². The molecule has 4 rings (SSSR count). The number of benzene rings is 4. The Kier molecular flexibility index (Phi) is 4.29. The van der Waals surface area contributed by atoms with E-state index in [1.54, 1.807) is 0 Å². The standard InChI is InChI=1S/C23H21NO2/c1-2-14-24-23(26)20(25)13-11-15-6-7-18-9-8-16-4-3-5-17-10-12-19(15)22(18)21(16)17/h3-10,12H,2,11,13-14H2,1H3,(H,24,26). The monoisotopic (exact) mass is 343 g/mol. The van der Waals surface area contributed by atoms with Crippen LogP contribution in [0.3, 0.4) is 0 Å². The molecule has 1 amide bonds. The lowest BCUT2D eigenvalue weighted by Crippen LogP contribution is -2.31. The van der Waals surface area contributed by atoms with Crippen LogP contribution >= 0.6 is 0 Å².